The normalized spacial score (nSPS) is 17.7. The number of fused-ring (bicyclic) bond motifs is 1. The van der Waals surface area contributed by atoms with Gasteiger partial charge < -0.3 is 19.5 Å². The van der Waals surface area contributed by atoms with Crippen LogP contribution in [0.5, 0.6) is 11.5 Å². The maximum atomic E-state index is 13.6. The lowest BCUT2D eigenvalue weighted by atomic mass is 10.1. The van der Waals surface area contributed by atoms with Crippen LogP contribution in [0.25, 0.3) is 0 Å². The maximum absolute atomic E-state index is 13.6. The summed E-state index contributed by atoms with van der Waals surface area (Å²) in [6.07, 6.45) is 0. The summed E-state index contributed by atoms with van der Waals surface area (Å²) in [7, 11) is -4.23. The average Bonchev–Trinajstić information content (AvgIpc) is 3.38. The molecule has 0 radical (unpaired) electrons. The summed E-state index contributed by atoms with van der Waals surface area (Å²) in [6, 6.07) is 16.7. The van der Waals surface area contributed by atoms with Gasteiger partial charge in [-0.15, -0.1) is 0 Å². The van der Waals surface area contributed by atoms with Gasteiger partial charge in [0.15, 0.2) is 17.3 Å². The van der Waals surface area contributed by atoms with Gasteiger partial charge in [0.2, 0.25) is 16.6 Å². The van der Waals surface area contributed by atoms with Gasteiger partial charge in [-0.3, -0.25) is 4.79 Å². The van der Waals surface area contributed by atoms with Gasteiger partial charge in [-0.2, -0.15) is 0 Å². The van der Waals surface area contributed by atoms with Crippen molar-refractivity contribution in [1.29, 1.82) is 0 Å². The van der Waals surface area contributed by atoms with Gasteiger partial charge in [-0.25, -0.2) is 12.8 Å². The van der Waals surface area contributed by atoms with Crippen molar-refractivity contribution in [3.63, 3.8) is 0 Å². The standard InChI is InChI=1S/C24H18FNO6S/c25-17-9-7-16(8-10-17)21-23(33(29,30)18-4-2-1-3-5-18)22(27)24(28)26(21)13-15-6-11-19-20(12-15)32-14-31-19/h1-12,21,27H,13-14H2. The lowest BCUT2D eigenvalue weighted by Crippen LogP contribution is -2.30. The van der Waals surface area contributed by atoms with Crippen LogP contribution < -0.4 is 9.47 Å². The summed E-state index contributed by atoms with van der Waals surface area (Å²) in [5.74, 6) is -1.13. The van der Waals surface area contributed by atoms with E-state index >= 15 is 0 Å². The number of aliphatic hydroxyl groups is 1. The molecule has 7 nitrogen and oxygen atoms in total. The van der Waals surface area contributed by atoms with Crippen LogP contribution in [-0.4, -0.2) is 31.1 Å². The van der Waals surface area contributed by atoms with E-state index in [9.17, 15) is 22.7 Å². The van der Waals surface area contributed by atoms with E-state index < -0.39 is 38.3 Å². The van der Waals surface area contributed by atoms with Crippen molar-refractivity contribution in [3.05, 3.63) is 100 Å². The molecule has 1 atom stereocenters. The third kappa shape index (κ3) is 3.60. The Hall–Kier alpha value is -3.85. The molecule has 33 heavy (non-hydrogen) atoms. The minimum Gasteiger partial charge on any atom is -0.502 e. The Bertz CT molecular complexity index is 1370. The van der Waals surface area contributed by atoms with Crippen molar-refractivity contribution in [2.24, 2.45) is 0 Å². The van der Waals surface area contributed by atoms with Gasteiger partial charge in [-0.1, -0.05) is 36.4 Å². The first kappa shape index (κ1) is 21.0. The van der Waals surface area contributed by atoms with Crippen LogP contribution >= 0.6 is 0 Å². The lowest BCUT2D eigenvalue weighted by Gasteiger charge is -2.27. The number of benzene rings is 3. The summed E-state index contributed by atoms with van der Waals surface area (Å²) in [5, 5.41) is 10.7. The number of carbonyl (C=O) groups is 1. The second-order valence-corrected chi connectivity index (χ2v) is 9.52. The van der Waals surface area contributed by atoms with Crippen molar-refractivity contribution in [3.8, 4) is 11.5 Å². The van der Waals surface area contributed by atoms with Gasteiger partial charge in [0.1, 0.15) is 10.7 Å². The van der Waals surface area contributed by atoms with Crippen LogP contribution in [0.1, 0.15) is 17.2 Å². The predicted octanol–water partition coefficient (Wildman–Crippen LogP) is 3.88. The van der Waals surface area contributed by atoms with E-state index in [1.54, 1.807) is 36.4 Å². The monoisotopic (exact) mass is 467 g/mol. The molecule has 2 aliphatic heterocycles. The molecule has 0 aliphatic carbocycles. The number of hydrogen-bond acceptors (Lipinski definition) is 6. The second-order valence-electron chi connectivity index (χ2n) is 7.60. The number of amides is 1. The number of sulfone groups is 1. The van der Waals surface area contributed by atoms with Gasteiger partial charge in [0, 0.05) is 6.54 Å². The zero-order valence-electron chi connectivity index (χ0n) is 17.1. The molecule has 168 valence electrons. The summed E-state index contributed by atoms with van der Waals surface area (Å²) in [4.78, 5) is 13.9. The summed E-state index contributed by atoms with van der Waals surface area (Å²) < 4.78 is 51.3. The fraction of sp³-hybridized carbons (Fsp3) is 0.125. The molecule has 0 saturated carbocycles. The molecule has 9 heteroatoms. The minimum atomic E-state index is -4.23. The van der Waals surface area contributed by atoms with E-state index in [2.05, 4.69) is 0 Å². The molecule has 5 rings (SSSR count). The minimum absolute atomic E-state index is 0.0185. The van der Waals surface area contributed by atoms with Crippen molar-refractivity contribution in [2.45, 2.75) is 17.5 Å². The van der Waals surface area contributed by atoms with Crippen molar-refractivity contribution >= 4 is 15.7 Å². The number of aliphatic hydroxyl groups excluding tert-OH is 1. The van der Waals surface area contributed by atoms with E-state index in [-0.39, 0.29) is 18.2 Å². The van der Waals surface area contributed by atoms with Crippen molar-refractivity contribution in [1.82, 2.24) is 4.90 Å². The lowest BCUT2D eigenvalue weighted by molar-refractivity contribution is -0.130. The fourth-order valence-electron chi connectivity index (χ4n) is 4.01. The largest absolute Gasteiger partial charge is 0.502 e. The summed E-state index contributed by atoms with van der Waals surface area (Å²) in [5.41, 5.74) is 0.995. The smallest absolute Gasteiger partial charge is 0.290 e. The molecule has 0 fully saturated rings. The molecule has 1 N–H and O–H groups in total. The zero-order valence-corrected chi connectivity index (χ0v) is 18.0. The first-order valence-corrected chi connectivity index (χ1v) is 11.5. The van der Waals surface area contributed by atoms with E-state index in [0.717, 1.165) is 0 Å². The highest BCUT2D eigenvalue weighted by Gasteiger charge is 2.46. The Labute approximate surface area is 189 Å². The topological polar surface area (TPSA) is 93.1 Å². The van der Waals surface area contributed by atoms with E-state index in [4.69, 9.17) is 9.47 Å². The van der Waals surface area contributed by atoms with E-state index in [1.807, 2.05) is 0 Å². The Kier molecular flexibility index (Phi) is 5.05. The van der Waals surface area contributed by atoms with Gasteiger partial charge in [0.05, 0.1) is 10.9 Å². The number of carbonyl (C=O) groups excluding carboxylic acids is 1. The third-order valence-corrected chi connectivity index (χ3v) is 7.46. The number of rotatable bonds is 5. The molecule has 0 bridgehead atoms. The molecule has 0 saturated heterocycles. The van der Waals surface area contributed by atoms with Gasteiger partial charge in [-0.05, 0) is 47.5 Å². The molecule has 0 aromatic heterocycles. The number of halogens is 1. The molecular weight excluding hydrogens is 449 g/mol. The molecule has 3 aromatic rings. The predicted molar refractivity (Wildman–Crippen MR) is 116 cm³/mol. The highest BCUT2D eigenvalue weighted by molar-refractivity contribution is 7.95. The molecule has 1 unspecified atom stereocenters. The number of ether oxygens (including phenoxy) is 2. The first-order valence-electron chi connectivity index (χ1n) is 10.0. The Morgan fingerprint density at radius 2 is 1.67 bits per heavy atom. The average molecular weight is 467 g/mol. The van der Waals surface area contributed by atoms with Gasteiger partial charge >= 0.3 is 0 Å². The second kappa shape index (κ2) is 7.93. The van der Waals surface area contributed by atoms with Crippen LogP contribution in [-0.2, 0) is 21.2 Å². The SMILES string of the molecule is O=C1C(O)=C(S(=O)(=O)c2ccccc2)C(c2ccc(F)cc2)N1Cc1ccc2c(c1)OCO2. The maximum Gasteiger partial charge on any atom is 0.290 e. The molecular formula is C24H18FNO6S. The molecule has 3 aromatic carbocycles. The molecule has 0 spiro atoms. The van der Waals surface area contributed by atoms with Crippen LogP contribution in [0.15, 0.2) is 88.4 Å². The number of nitrogens with zero attached hydrogens (tertiary/aromatic N) is 1. The molecule has 2 heterocycles. The van der Waals surface area contributed by atoms with E-state index in [0.29, 0.717) is 22.6 Å². The first-order chi connectivity index (χ1) is 15.9. The number of hydrogen-bond donors (Lipinski definition) is 1. The Balaban J connectivity index is 1.61. The highest BCUT2D eigenvalue weighted by atomic mass is 32.2. The van der Waals surface area contributed by atoms with Crippen LogP contribution in [0.2, 0.25) is 0 Å². The Morgan fingerprint density at radius 1 is 0.970 bits per heavy atom. The van der Waals surface area contributed by atoms with Gasteiger partial charge in [0.25, 0.3) is 5.91 Å². The summed E-state index contributed by atoms with van der Waals surface area (Å²) in [6.45, 7) is 0.0663. The zero-order chi connectivity index (χ0) is 23.2. The van der Waals surface area contributed by atoms with Crippen LogP contribution in [0.4, 0.5) is 4.39 Å². The van der Waals surface area contributed by atoms with Crippen molar-refractivity contribution in [2.75, 3.05) is 6.79 Å². The third-order valence-electron chi connectivity index (χ3n) is 5.58. The summed E-state index contributed by atoms with van der Waals surface area (Å²) >= 11 is 0. The van der Waals surface area contributed by atoms with E-state index in [1.165, 1.54) is 41.3 Å². The Morgan fingerprint density at radius 3 is 2.39 bits per heavy atom. The quantitative estimate of drug-likeness (QED) is 0.612. The van der Waals surface area contributed by atoms with Crippen LogP contribution in [0.3, 0.4) is 0 Å². The highest BCUT2D eigenvalue weighted by Crippen LogP contribution is 2.43. The fourth-order valence-corrected chi connectivity index (χ4v) is 5.67. The van der Waals surface area contributed by atoms with Crippen LogP contribution in [0, 0.1) is 5.82 Å². The van der Waals surface area contributed by atoms with Crippen molar-refractivity contribution < 1.29 is 32.2 Å². The molecule has 2 aliphatic rings. The molecule has 1 amide bonds.